The maximum Gasteiger partial charge on any atom is 0.0738 e. The molecule has 0 aliphatic carbocycles. The molecular formula is C19H16N2. The van der Waals surface area contributed by atoms with Crippen LogP contribution in [-0.2, 0) is 0 Å². The zero-order valence-electron chi connectivity index (χ0n) is 12.1. The number of para-hydroxylation sites is 2. The molecule has 0 atom stereocenters. The van der Waals surface area contributed by atoms with Crippen molar-refractivity contribution < 1.29 is 0 Å². The molecular weight excluding hydrogens is 256 g/mol. The van der Waals surface area contributed by atoms with Crippen molar-refractivity contribution in [3.63, 3.8) is 0 Å². The van der Waals surface area contributed by atoms with Crippen LogP contribution in [0, 0.1) is 13.8 Å². The number of H-pyrrole nitrogens is 1. The lowest BCUT2D eigenvalue weighted by atomic mass is 10.1. The van der Waals surface area contributed by atoms with Gasteiger partial charge in [0.05, 0.1) is 11.2 Å². The van der Waals surface area contributed by atoms with Gasteiger partial charge in [-0.3, -0.25) is 0 Å². The van der Waals surface area contributed by atoms with E-state index in [1.54, 1.807) is 0 Å². The van der Waals surface area contributed by atoms with Crippen LogP contribution in [0.1, 0.15) is 11.1 Å². The summed E-state index contributed by atoms with van der Waals surface area (Å²) in [6, 6.07) is 16.9. The molecule has 2 nitrogen and oxygen atoms in total. The minimum absolute atomic E-state index is 1.02. The number of pyridine rings is 1. The monoisotopic (exact) mass is 272 g/mol. The lowest BCUT2D eigenvalue weighted by Crippen LogP contribution is -1.87. The third-order valence-corrected chi connectivity index (χ3v) is 4.12. The molecule has 0 aliphatic heterocycles. The van der Waals surface area contributed by atoms with E-state index >= 15 is 0 Å². The van der Waals surface area contributed by atoms with E-state index in [0.717, 1.165) is 11.2 Å². The summed E-state index contributed by atoms with van der Waals surface area (Å²) < 4.78 is 0. The first-order valence-corrected chi connectivity index (χ1v) is 7.17. The van der Waals surface area contributed by atoms with Gasteiger partial charge in [-0.1, -0.05) is 42.5 Å². The molecule has 0 unspecified atom stereocenters. The van der Waals surface area contributed by atoms with Gasteiger partial charge in [-0.2, -0.15) is 0 Å². The van der Waals surface area contributed by atoms with E-state index in [1.807, 2.05) is 0 Å². The van der Waals surface area contributed by atoms with Gasteiger partial charge in [-0.25, -0.2) is 4.98 Å². The lowest BCUT2D eigenvalue weighted by Gasteiger charge is -2.05. The Morgan fingerprint density at radius 2 is 1.67 bits per heavy atom. The van der Waals surface area contributed by atoms with E-state index in [0.29, 0.717) is 0 Å². The van der Waals surface area contributed by atoms with Gasteiger partial charge < -0.3 is 4.98 Å². The highest BCUT2D eigenvalue weighted by atomic mass is 14.7. The molecule has 4 aromatic rings. The maximum absolute atomic E-state index is 4.88. The molecule has 102 valence electrons. The number of fused-ring (bicyclic) bond motifs is 2. The molecule has 2 heteroatoms. The number of rotatable bonds is 1. The summed E-state index contributed by atoms with van der Waals surface area (Å²) in [5.41, 5.74) is 6.93. The fraction of sp³-hybridized carbons (Fsp3) is 0.105. The Balaban J connectivity index is 2.00. The molecule has 2 heterocycles. The quantitative estimate of drug-likeness (QED) is 0.519. The van der Waals surface area contributed by atoms with Gasteiger partial charge in [0.1, 0.15) is 0 Å². The van der Waals surface area contributed by atoms with Crippen LogP contribution in [0.4, 0.5) is 0 Å². The van der Waals surface area contributed by atoms with E-state index in [-0.39, 0.29) is 0 Å². The van der Waals surface area contributed by atoms with Crippen LogP contribution in [0.25, 0.3) is 33.1 Å². The van der Waals surface area contributed by atoms with Gasteiger partial charge in [0.25, 0.3) is 0 Å². The molecule has 0 aliphatic rings. The normalized spacial score (nSPS) is 11.3. The third kappa shape index (κ3) is 1.83. The first-order chi connectivity index (χ1) is 10.2. The van der Waals surface area contributed by atoms with Crippen molar-refractivity contribution in [3.05, 3.63) is 65.9 Å². The number of nitrogens with zero attached hydrogens (tertiary/aromatic N) is 1. The highest BCUT2D eigenvalue weighted by Gasteiger charge is 2.09. The fourth-order valence-electron chi connectivity index (χ4n) is 2.96. The highest BCUT2D eigenvalue weighted by Crippen LogP contribution is 2.30. The molecule has 0 bridgehead atoms. The van der Waals surface area contributed by atoms with Crippen LogP contribution in [0.15, 0.2) is 54.7 Å². The summed E-state index contributed by atoms with van der Waals surface area (Å²) in [6.45, 7) is 4.24. The second kappa shape index (κ2) is 4.45. The zero-order chi connectivity index (χ0) is 14.4. The molecule has 0 saturated carbocycles. The summed E-state index contributed by atoms with van der Waals surface area (Å²) in [5, 5.41) is 2.42. The zero-order valence-corrected chi connectivity index (χ0v) is 12.1. The van der Waals surface area contributed by atoms with Crippen molar-refractivity contribution in [2.45, 2.75) is 13.8 Å². The van der Waals surface area contributed by atoms with E-state index in [2.05, 4.69) is 73.6 Å². The van der Waals surface area contributed by atoms with E-state index in [9.17, 15) is 0 Å². The second-order valence-electron chi connectivity index (χ2n) is 5.54. The molecule has 21 heavy (non-hydrogen) atoms. The largest absolute Gasteiger partial charge is 0.360 e. The Kier molecular flexibility index (Phi) is 2.58. The molecule has 0 amide bonds. The Morgan fingerprint density at radius 3 is 2.57 bits per heavy atom. The Bertz CT molecular complexity index is 964. The first-order valence-electron chi connectivity index (χ1n) is 7.17. The number of hydrogen-bond acceptors (Lipinski definition) is 1. The fourth-order valence-corrected chi connectivity index (χ4v) is 2.96. The van der Waals surface area contributed by atoms with Crippen LogP contribution in [0.2, 0.25) is 0 Å². The minimum Gasteiger partial charge on any atom is -0.360 e. The molecule has 4 rings (SSSR count). The van der Waals surface area contributed by atoms with E-state index < -0.39 is 0 Å². The molecule has 2 aromatic carbocycles. The number of benzene rings is 2. The molecule has 0 radical (unpaired) electrons. The van der Waals surface area contributed by atoms with E-state index in [4.69, 9.17) is 4.98 Å². The minimum atomic E-state index is 1.02. The molecule has 0 fully saturated rings. The van der Waals surface area contributed by atoms with Crippen molar-refractivity contribution in [1.29, 1.82) is 0 Å². The Labute approximate surface area is 123 Å². The maximum atomic E-state index is 4.88. The van der Waals surface area contributed by atoms with Crippen molar-refractivity contribution in [2.24, 2.45) is 0 Å². The first kappa shape index (κ1) is 12.2. The number of aromatic amines is 1. The standard InChI is InChI=1S/C19H16N2/c1-12-5-3-7-14-9-10-17(21-18(12)14)16-11-20-19-13(2)6-4-8-15(16)19/h3-11,20H,1-2H3. The van der Waals surface area contributed by atoms with Crippen LogP contribution < -0.4 is 0 Å². The van der Waals surface area contributed by atoms with Crippen molar-refractivity contribution >= 4 is 21.8 Å². The Morgan fingerprint density at radius 1 is 0.857 bits per heavy atom. The van der Waals surface area contributed by atoms with Crippen molar-refractivity contribution in [3.8, 4) is 11.3 Å². The Hall–Kier alpha value is -2.61. The molecule has 0 saturated heterocycles. The van der Waals surface area contributed by atoms with Gasteiger partial charge in [-0.15, -0.1) is 0 Å². The van der Waals surface area contributed by atoms with Crippen LogP contribution >= 0.6 is 0 Å². The van der Waals surface area contributed by atoms with Crippen LogP contribution in [0.5, 0.6) is 0 Å². The smallest absolute Gasteiger partial charge is 0.0738 e. The summed E-state index contributed by atoms with van der Waals surface area (Å²) in [5.74, 6) is 0. The predicted molar refractivity (Wildman–Crippen MR) is 88.5 cm³/mol. The molecule has 0 spiro atoms. The third-order valence-electron chi connectivity index (χ3n) is 4.12. The number of aromatic nitrogens is 2. The van der Waals surface area contributed by atoms with Gasteiger partial charge >= 0.3 is 0 Å². The van der Waals surface area contributed by atoms with Gasteiger partial charge in [0, 0.05) is 28.0 Å². The van der Waals surface area contributed by atoms with Gasteiger partial charge in [0.2, 0.25) is 0 Å². The van der Waals surface area contributed by atoms with Crippen LogP contribution in [-0.4, -0.2) is 9.97 Å². The highest BCUT2D eigenvalue weighted by molar-refractivity contribution is 5.97. The average Bonchev–Trinajstić information content (AvgIpc) is 2.93. The summed E-state index contributed by atoms with van der Waals surface area (Å²) >= 11 is 0. The number of nitrogens with one attached hydrogen (secondary N) is 1. The van der Waals surface area contributed by atoms with E-state index in [1.165, 1.54) is 33.0 Å². The predicted octanol–water partition coefficient (Wildman–Crippen LogP) is 5.00. The molecule has 1 N–H and O–H groups in total. The van der Waals surface area contributed by atoms with Gasteiger partial charge in [0.15, 0.2) is 0 Å². The number of aryl methyl sites for hydroxylation is 2. The van der Waals surface area contributed by atoms with Crippen LogP contribution in [0.3, 0.4) is 0 Å². The van der Waals surface area contributed by atoms with Gasteiger partial charge in [-0.05, 0) is 31.0 Å². The summed E-state index contributed by atoms with van der Waals surface area (Å²) in [6.07, 6.45) is 2.06. The van der Waals surface area contributed by atoms with Crippen molar-refractivity contribution in [2.75, 3.05) is 0 Å². The molecule has 2 aromatic heterocycles. The SMILES string of the molecule is Cc1cccc2ccc(-c3c[nH]c4c(C)cccc34)nc12. The average molecular weight is 272 g/mol. The summed E-state index contributed by atoms with van der Waals surface area (Å²) in [4.78, 5) is 8.25. The lowest BCUT2D eigenvalue weighted by molar-refractivity contribution is 1.36. The second-order valence-corrected chi connectivity index (χ2v) is 5.54. The summed E-state index contributed by atoms with van der Waals surface area (Å²) in [7, 11) is 0. The number of hydrogen-bond donors (Lipinski definition) is 1. The van der Waals surface area contributed by atoms with Crippen molar-refractivity contribution in [1.82, 2.24) is 9.97 Å². The topological polar surface area (TPSA) is 28.7 Å².